The summed E-state index contributed by atoms with van der Waals surface area (Å²) in [5, 5.41) is 14.0. The second kappa shape index (κ2) is 3.70. The lowest BCUT2D eigenvalue weighted by Crippen LogP contribution is -2.50. The maximum Gasteiger partial charge on any atom is 0.244 e. The van der Waals surface area contributed by atoms with E-state index in [9.17, 15) is 9.90 Å². The van der Waals surface area contributed by atoms with Crippen molar-refractivity contribution in [2.45, 2.75) is 43.2 Å². The van der Waals surface area contributed by atoms with Crippen LogP contribution < -0.4 is 5.32 Å². The second-order valence-electron chi connectivity index (χ2n) is 6.81. The standard InChI is InChI=1S/C15H20N2O2/c18-13(17-3-1-2-4-17)9-16-15-7-11-5-12(15)8-14(19,6-11)10-15/h1-4,11-12,16,19H,5-10H2/t11-,12+,14+,15+/m1/s1. The van der Waals surface area contributed by atoms with E-state index in [4.69, 9.17) is 0 Å². The van der Waals surface area contributed by atoms with Crippen molar-refractivity contribution < 1.29 is 9.90 Å². The first kappa shape index (κ1) is 11.7. The third kappa shape index (κ3) is 1.70. The Morgan fingerprint density at radius 3 is 2.84 bits per heavy atom. The normalized spacial score (nSPS) is 43.0. The summed E-state index contributed by atoms with van der Waals surface area (Å²) in [6.45, 7) is 0.369. The van der Waals surface area contributed by atoms with Gasteiger partial charge < -0.3 is 10.4 Å². The van der Waals surface area contributed by atoms with Gasteiger partial charge in [-0.3, -0.25) is 9.36 Å². The van der Waals surface area contributed by atoms with Gasteiger partial charge in [0, 0.05) is 17.9 Å². The van der Waals surface area contributed by atoms with E-state index in [0.29, 0.717) is 18.4 Å². The number of rotatable bonds is 3. The van der Waals surface area contributed by atoms with E-state index >= 15 is 0 Å². The zero-order valence-electron chi connectivity index (χ0n) is 11.0. The van der Waals surface area contributed by atoms with Crippen LogP contribution in [0.1, 0.15) is 36.9 Å². The van der Waals surface area contributed by atoms with Gasteiger partial charge in [0.1, 0.15) is 0 Å². The summed E-state index contributed by atoms with van der Waals surface area (Å²) in [6.07, 6.45) is 8.67. The van der Waals surface area contributed by atoms with Crippen molar-refractivity contribution in [1.82, 2.24) is 9.88 Å². The van der Waals surface area contributed by atoms with E-state index in [2.05, 4.69) is 5.32 Å². The average Bonchev–Trinajstić information content (AvgIpc) is 2.98. The summed E-state index contributed by atoms with van der Waals surface area (Å²) in [5.41, 5.74) is -0.421. The minimum atomic E-state index is -0.449. The van der Waals surface area contributed by atoms with Gasteiger partial charge in [-0.2, -0.15) is 0 Å². The van der Waals surface area contributed by atoms with Crippen LogP contribution in [0.15, 0.2) is 24.5 Å². The predicted molar refractivity (Wildman–Crippen MR) is 70.8 cm³/mol. The van der Waals surface area contributed by atoms with Crippen molar-refractivity contribution in [2.24, 2.45) is 11.8 Å². The Morgan fingerprint density at radius 2 is 2.11 bits per heavy atom. The minimum absolute atomic E-state index is 0.0283. The number of carbonyl (C=O) groups is 1. The fraction of sp³-hybridized carbons (Fsp3) is 0.667. The van der Waals surface area contributed by atoms with Gasteiger partial charge in [0.2, 0.25) is 5.91 Å². The molecule has 1 aromatic rings. The van der Waals surface area contributed by atoms with Crippen LogP contribution in [-0.2, 0) is 0 Å². The lowest BCUT2D eigenvalue weighted by Gasteiger charge is -2.37. The molecule has 1 heterocycles. The van der Waals surface area contributed by atoms with Gasteiger partial charge in [-0.25, -0.2) is 0 Å². The molecule has 4 saturated carbocycles. The highest BCUT2D eigenvalue weighted by Gasteiger charge is 2.63. The Balaban J connectivity index is 1.48. The fourth-order valence-corrected chi connectivity index (χ4v) is 4.98. The summed E-state index contributed by atoms with van der Waals surface area (Å²) >= 11 is 0. The van der Waals surface area contributed by atoms with E-state index in [-0.39, 0.29) is 11.4 Å². The molecule has 4 atom stereocenters. The quantitative estimate of drug-likeness (QED) is 0.864. The van der Waals surface area contributed by atoms with E-state index < -0.39 is 5.60 Å². The molecule has 4 fully saturated rings. The molecular formula is C15H20N2O2. The third-order valence-corrected chi connectivity index (χ3v) is 5.48. The van der Waals surface area contributed by atoms with Gasteiger partial charge in [-0.15, -0.1) is 0 Å². The average molecular weight is 260 g/mol. The molecule has 0 saturated heterocycles. The van der Waals surface area contributed by atoms with Crippen molar-refractivity contribution in [2.75, 3.05) is 6.54 Å². The van der Waals surface area contributed by atoms with Crippen LogP contribution in [0.25, 0.3) is 0 Å². The van der Waals surface area contributed by atoms with Gasteiger partial charge in [0.25, 0.3) is 0 Å². The summed E-state index contributed by atoms with van der Waals surface area (Å²) in [6, 6.07) is 3.73. The highest BCUT2D eigenvalue weighted by molar-refractivity contribution is 5.80. The highest BCUT2D eigenvalue weighted by Crippen LogP contribution is 2.61. The van der Waals surface area contributed by atoms with Crippen molar-refractivity contribution in [1.29, 1.82) is 0 Å². The predicted octanol–water partition coefficient (Wildman–Crippen LogP) is 1.41. The van der Waals surface area contributed by atoms with Crippen LogP contribution in [0.5, 0.6) is 0 Å². The van der Waals surface area contributed by atoms with Crippen LogP contribution in [0.2, 0.25) is 0 Å². The topological polar surface area (TPSA) is 54.3 Å². The van der Waals surface area contributed by atoms with Gasteiger partial charge in [0.05, 0.1) is 12.1 Å². The van der Waals surface area contributed by atoms with Crippen LogP contribution in [-0.4, -0.2) is 33.3 Å². The van der Waals surface area contributed by atoms with E-state index in [1.54, 1.807) is 17.0 Å². The maximum absolute atomic E-state index is 12.1. The lowest BCUT2D eigenvalue weighted by atomic mass is 9.77. The molecule has 4 aliphatic carbocycles. The smallest absolute Gasteiger partial charge is 0.244 e. The zero-order chi connectivity index (χ0) is 13.1. The van der Waals surface area contributed by atoms with Crippen LogP contribution in [0, 0.1) is 11.8 Å². The van der Waals surface area contributed by atoms with E-state index in [1.807, 2.05) is 12.1 Å². The van der Waals surface area contributed by atoms with E-state index in [0.717, 1.165) is 25.7 Å². The molecule has 5 rings (SSSR count). The molecule has 4 aliphatic rings. The number of aliphatic hydroxyl groups is 1. The molecule has 0 unspecified atom stereocenters. The van der Waals surface area contributed by atoms with Gasteiger partial charge >= 0.3 is 0 Å². The summed E-state index contributed by atoms with van der Waals surface area (Å²) in [5.74, 6) is 1.30. The number of nitrogens with one attached hydrogen (secondary N) is 1. The number of hydrogen-bond donors (Lipinski definition) is 2. The van der Waals surface area contributed by atoms with Crippen molar-refractivity contribution in [3.63, 3.8) is 0 Å². The van der Waals surface area contributed by atoms with Crippen LogP contribution in [0.4, 0.5) is 0 Å². The molecular weight excluding hydrogens is 240 g/mol. The number of aromatic nitrogens is 1. The molecule has 4 heteroatoms. The van der Waals surface area contributed by atoms with E-state index in [1.165, 1.54) is 6.42 Å². The van der Waals surface area contributed by atoms with Crippen LogP contribution >= 0.6 is 0 Å². The SMILES string of the molecule is O=C(CN[C@]12C[C@@H]3C[C@H]1C[C@@](O)(C3)C2)n1cccc1. The number of hydrogen-bond acceptors (Lipinski definition) is 3. The van der Waals surface area contributed by atoms with Gasteiger partial charge in [0.15, 0.2) is 0 Å². The summed E-state index contributed by atoms with van der Waals surface area (Å²) < 4.78 is 1.62. The Morgan fingerprint density at radius 1 is 1.32 bits per heavy atom. The molecule has 4 nitrogen and oxygen atoms in total. The molecule has 0 amide bonds. The molecule has 0 aromatic carbocycles. The monoisotopic (exact) mass is 260 g/mol. The molecule has 102 valence electrons. The number of carbonyl (C=O) groups excluding carboxylic acids is 1. The Hall–Kier alpha value is -1.13. The minimum Gasteiger partial charge on any atom is -0.390 e. The van der Waals surface area contributed by atoms with Crippen molar-refractivity contribution in [3.05, 3.63) is 24.5 Å². The molecule has 19 heavy (non-hydrogen) atoms. The molecule has 2 N–H and O–H groups in total. The van der Waals surface area contributed by atoms with Gasteiger partial charge in [-0.1, -0.05) is 0 Å². The second-order valence-corrected chi connectivity index (χ2v) is 6.81. The summed E-state index contributed by atoms with van der Waals surface area (Å²) in [7, 11) is 0. The Kier molecular flexibility index (Phi) is 2.28. The molecule has 0 aliphatic heterocycles. The third-order valence-electron chi connectivity index (χ3n) is 5.48. The Bertz CT molecular complexity index is 512. The first-order chi connectivity index (χ1) is 9.09. The van der Waals surface area contributed by atoms with Crippen molar-refractivity contribution >= 4 is 5.91 Å². The fourth-order valence-electron chi connectivity index (χ4n) is 4.98. The molecule has 0 spiro atoms. The lowest BCUT2D eigenvalue weighted by molar-refractivity contribution is -0.0156. The molecule has 1 aromatic heterocycles. The Labute approximate surface area is 112 Å². The highest BCUT2D eigenvalue weighted by atomic mass is 16.3. The first-order valence-corrected chi connectivity index (χ1v) is 7.22. The van der Waals surface area contributed by atoms with Crippen LogP contribution in [0.3, 0.4) is 0 Å². The zero-order valence-corrected chi connectivity index (χ0v) is 11.0. The molecule has 0 radical (unpaired) electrons. The molecule has 4 bridgehead atoms. The van der Waals surface area contributed by atoms with Crippen molar-refractivity contribution in [3.8, 4) is 0 Å². The maximum atomic E-state index is 12.1. The van der Waals surface area contributed by atoms with Gasteiger partial charge in [-0.05, 0) is 56.1 Å². The largest absolute Gasteiger partial charge is 0.390 e. The summed E-state index contributed by atoms with van der Waals surface area (Å²) in [4.78, 5) is 12.1. The first-order valence-electron chi connectivity index (χ1n) is 7.22. The number of nitrogens with zero attached hydrogens (tertiary/aromatic N) is 1.